The first-order valence-electron chi connectivity index (χ1n) is 8.38. The number of aromatic nitrogens is 2. The molecule has 0 atom stereocenters. The third kappa shape index (κ3) is 4.87. The van der Waals surface area contributed by atoms with E-state index in [0.29, 0.717) is 24.7 Å². The molecule has 1 heterocycles. The van der Waals surface area contributed by atoms with Crippen molar-refractivity contribution in [1.29, 1.82) is 0 Å². The second-order valence-electron chi connectivity index (χ2n) is 5.58. The van der Waals surface area contributed by atoms with Gasteiger partial charge in [0.15, 0.2) is 11.5 Å². The van der Waals surface area contributed by atoms with E-state index >= 15 is 0 Å². The van der Waals surface area contributed by atoms with Gasteiger partial charge in [-0.15, -0.1) is 10.2 Å². The number of carbonyl (C=O) groups is 1. The van der Waals surface area contributed by atoms with Gasteiger partial charge in [-0.3, -0.25) is 4.79 Å². The Labute approximate surface area is 152 Å². The van der Waals surface area contributed by atoms with Crippen LogP contribution >= 0.6 is 0 Å². The molecule has 0 spiro atoms. The Balaban J connectivity index is 1.59. The van der Waals surface area contributed by atoms with Gasteiger partial charge in [0.2, 0.25) is 0 Å². The molecular weight excluding hydrogens is 328 g/mol. The topological polar surface area (TPSA) is 76.1 Å². The third-order valence-electron chi connectivity index (χ3n) is 3.63. The first-order chi connectivity index (χ1) is 12.7. The van der Waals surface area contributed by atoms with E-state index in [4.69, 9.17) is 4.74 Å². The van der Waals surface area contributed by atoms with Crippen molar-refractivity contribution in [2.45, 2.75) is 13.5 Å². The van der Waals surface area contributed by atoms with Crippen molar-refractivity contribution in [1.82, 2.24) is 10.2 Å². The lowest BCUT2D eigenvalue weighted by Crippen LogP contribution is -2.14. The van der Waals surface area contributed by atoms with Gasteiger partial charge in [-0.05, 0) is 48.9 Å². The van der Waals surface area contributed by atoms with Crippen LogP contribution in [0.3, 0.4) is 0 Å². The zero-order chi connectivity index (χ0) is 18.2. The second kappa shape index (κ2) is 8.73. The number of hydrogen-bond acceptors (Lipinski definition) is 5. The number of anilines is 3. The summed E-state index contributed by atoms with van der Waals surface area (Å²) in [5, 5.41) is 14.0. The highest BCUT2D eigenvalue weighted by Crippen LogP contribution is 2.16. The van der Waals surface area contributed by atoms with E-state index in [0.717, 1.165) is 11.3 Å². The number of nitrogens with zero attached hydrogens (tertiary/aromatic N) is 2. The molecule has 0 aliphatic heterocycles. The van der Waals surface area contributed by atoms with Crippen LogP contribution in [-0.4, -0.2) is 22.7 Å². The first kappa shape index (κ1) is 17.6. The average molecular weight is 348 g/mol. The molecule has 26 heavy (non-hydrogen) atoms. The molecule has 0 unspecified atom stereocenters. The van der Waals surface area contributed by atoms with Gasteiger partial charge in [0.1, 0.15) is 0 Å². The van der Waals surface area contributed by atoms with Gasteiger partial charge < -0.3 is 15.4 Å². The predicted octanol–water partition coefficient (Wildman–Crippen LogP) is 4.01. The highest BCUT2D eigenvalue weighted by atomic mass is 16.5. The van der Waals surface area contributed by atoms with Crippen molar-refractivity contribution in [3.8, 4) is 0 Å². The number of ether oxygens (including phenoxy) is 1. The number of benzene rings is 2. The maximum Gasteiger partial charge on any atom is 0.276 e. The lowest BCUT2D eigenvalue weighted by molar-refractivity contribution is 0.102. The lowest BCUT2D eigenvalue weighted by atomic mass is 10.2. The Morgan fingerprint density at radius 3 is 2.35 bits per heavy atom. The molecule has 0 radical (unpaired) electrons. The summed E-state index contributed by atoms with van der Waals surface area (Å²) in [6, 6.07) is 20.5. The Hall–Kier alpha value is -3.25. The fraction of sp³-hybridized carbons (Fsp3) is 0.150. The van der Waals surface area contributed by atoms with Crippen LogP contribution in [0.25, 0.3) is 0 Å². The SMILES string of the molecule is CCOCc1ccc(Nc2ccc(C(=O)Nc3ccccc3)nn2)cc1. The monoisotopic (exact) mass is 348 g/mol. The Morgan fingerprint density at radius 2 is 1.69 bits per heavy atom. The fourth-order valence-electron chi connectivity index (χ4n) is 2.29. The van der Waals surface area contributed by atoms with Gasteiger partial charge in [-0.2, -0.15) is 0 Å². The van der Waals surface area contributed by atoms with Crippen LogP contribution in [0.4, 0.5) is 17.2 Å². The molecule has 132 valence electrons. The zero-order valence-corrected chi connectivity index (χ0v) is 14.5. The van der Waals surface area contributed by atoms with Crippen molar-refractivity contribution < 1.29 is 9.53 Å². The molecule has 0 aliphatic rings. The number of hydrogen-bond donors (Lipinski definition) is 2. The molecule has 0 saturated carbocycles. The summed E-state index contributed by atoms with van der Waals surface area (Å²) < 4.78 is 5.38. The molecule has 6 nitrogen and oxygen atoms in total. The number of amides is 1. The van der Waals surface area contributed by atoms with E-state index in [-0.39, 0.29) is 11.6 Å². The van der Waals surface area contributed by atoms with Gasteiger partial charge in [0, 0.05) is 18.0 Å². The minimum absolute atomic E-state index is 0.256. The summed E-state index contributed by atoms with van der Waals surface area (Å²) in [6.07, 6.45) is 0. The van der Waals surface area contributed by atoms with E-state index < -0.39 is 0 Å². The molecule has 0 bridgehead atoms. The molecule has 3 rings (SSSR count). The number of nitrogens with one attached hydrogen (secondary N) is 2. The third-order valence-corrected chi connectivity index (χ3v) is 3.63. The summed E-state index contributed by atoms with van der Waals surface area (Å²) in [7, 11) is 0. The quantitative estimate of drug-likeness (QED) is 0.675. The van der Waals surface area contributed by atoms with Crippen LogP contribution in [0.1, 0.15) is 23.0 Å². The molecule has 2 N–H and O–H groups in total. The van der Waals surface area contributed by atoms with E-state index in [1.807, 2.05) is 61.5 Å². The van der Waals surface area contributed by atoms with Crippen molar-refractivity contribution in [3.63, 3.8) is 0 Å². The van der Waals surface area contributed by atoms with Crippen LogP contribution in [0.15, 0.2) is 66.7 Å². The van der Waals surface area contributed by atoms with Gasteiger partial charge in [0.05, 0.1) is 6.61 Å². The molecule has 0 aliphatic carbocycles. The summed E-state index contributed by atoms with van der Waals surface area (Å²) in [5.74, 6) is 0.273. The van der Waals surface area contributed by atoms with Crippen LogP contribution < -0.4 is 10.6 Å². The van der Waals surface area contributed by atoms with Gasteiger partial charge in [-0.1, -0.05) is 30.3 Å². The minimum atomic E-state index is -0.296. The maximum atomic E-state index is 12.2. The average Bonchev–Trinajstić information content (AvgIpc) is 2.69. The Kier molecular flexibility index (Phi) is 5.90. The molecule has 0 saturated heterocycles. The highest BCUT2D eigenvalue weighted by Gasteiger charge is 2.08. The van der Waals surface area contributed by atoms with E-state index in [2.05, 4.69) is 20.8 Å². The zero-order valence-electron chi connectivity index (χ0n) is 14.5. The Bertz CT molecular complexity index is 834. The van der Waals surface area contributed by atoms with Gasteiger partial charge >= 0.3 is 0 Å². The predicted molar refractivity (Wildman–Crippen MR) is 101 cm³/mol. The van der Waals surface area contributed by atoms with Crippen molar-refractivity contribution in [2.24, 2.45) is 0 Å². The smallest absolute Gasteiger partial charge is 0.276 e. The van der Waals surface area contributed by atoms with Gasteiger partial charge in [-0.25, -0.2) is 0 Å². The molecule has 0 fully saturated rings. The minimum Gasteiger partial charge on any atom is -0.377 e. The van der Waals surface area contributed by atoms with E-state index in [9.17, 15) is 4.79 Å². The van der Waals surface area contributed by atoms with Crippen molar-refractivity contribution in [3.05, 3.63) is 78.0 Å². The van der Waals surface area contributed by atoms with Crippen molar-refractivity contribution >= 4 is 23.1 Å². The van der Waals surface area contributed by atoms with Crippen LogP contribution in [0.5, 0.6) is 0 Å². The van der Waals surface area contributed by atoms with E-state index in [1.54, 1.807) is 12.1 Å². The second-order valence-corrected chi connectivity index (χ2v) is 5.58. The lowest BCUT2D eigenvalue weighted by Gasteiger charge is -2.07. The number of para-hydroxylation sites is 1. The standard InChI is InChI=1S/C20H20N4O2/c1-2-26-14-15-8-10-17(11-9-15)21-19-13-12-18(23-24-19)20(25)22-16-6-4-3-5-7-16/h3-13H,2,14H2,1H3,(H,21,24)(H,22,25). The first-order valence-corrected chi connectivity index (χ1v) is 8.38. The van der Waals surface area contributed by atoms with Crippen LogP contribution in [-0.2, 0) is 11.3 Å². The number of carbonyl (C=O) groups excluding carboxylic acids is 1. The molecule has 1 amide bonds. The molecular formula is C20H20N4O2. The molecule has 2 aromatic carbocycles. The van der Waals surface area contributed by atoms with Crippen LogP contribution in [0.2, 0.25) is 0 Å². The van der Waals surface area contributed by atoms with Crippen molar-refractivity contribution in [2.75, 3.05) is 17.2 Å². The summed E-state index contributed by atoms with van der Waals surface area (Å²) in [6.45, 7) is 3.26. The van der Waals surface area contributed by atoms with Gasteiger partial charge in [0.25, 0.3) is 5.91 Å². The fourth-order valence-corrected chi connectivity index (χ4v) is 2.29. The van der Waals surface area contributed by atoms with Crippen LogP contribution in [0, 0.1) is 0 Å². The summed E-state index contributed by atoms with van der Waals surface area (Å²) in [4.78, 5) is 12.2. The summed E-state index contributed by atoms with van der Waals surface area (Å²) in [5.41, 5.74) is 2.97. The number of rotatable bonds is 7. The normalized spacial score (nSPS) is 10.3. The summed E-state index contributed by atoms with van der Waals surface area (Å²) >= 11 is 0. The molecule has 3 aromatic rings. The molecule has 6 heteroatoms. The molecule has 1 aromatic heterocycles. The largest absolute Gasteiger partial charge is 0.377 e. The highest BCUT2D eigenvalue weighted by molar-refractivity contribution is 6.02. The van der Waals surface area contributed by atoms with E-state index in [1.165, 1.54) is 0 Å². The Morgan fingerprint density at radius 1 is 0.923 bits per heavy atom. The maximum absolute atomic E-state index is 12.2.